The summed E-state index contributed by atoms with van der Waals surface area (Å²) in [5, 5.41) is 35.1. The van der Waals surface area contributed by atoms with Gasteiger partial charge in [0.1, 0.15) is 0 Å². The average molecular weight is 364 g/mol. The quantitative estimate of drug-likeness (QED) is 0.518. The van der Waals surface area contributed by atoms with Crippen LogP contribution in [0.3, 0.4) is 0 Å². The van der Waals surface area contributed by atoms with Gasteiger partial charge in [-0.25, -0.2) is 0 Å². The Morgan fingerprint density at radius 1 is 0.741 bits per heavy atom. The van der Waals surface area contributed by atoms with Crippen LogP contribution >= 0.6 is 0 Å². The molecule has 0 spiro atoms. The van der Waals surface area contributed by atoms with Crippen LogP contribution in [0.2, 0.25) is 0 Å². The van der Waals surface area contributed by atoms with Crippen LogP contribution in [-0.4, -0.2) is 11.6 Å². The minimum atomic E-state index is -1.42. The third-order valence-corrected chi connectivity index (χ3v) is 4.56. The SMILES string of the molecule is CC(C)(C1=CCC(OC#N)(OC#N)C=C1)C1=CCC(OC#N)(OC#N)C=C1. The highest BCUT2D eigenvalue weighted by atomic mass is 16.7. The van der Waals surface area contributed by atoms with E-state index in [0.717, 1.165) is 11.1 Å². The molecule has 8 heteroatoms. The van der Waals surface area contributed by atoms with E-state index in [1.807, 2.05) is 26.0 Å². The number of nitriles is 4. The van der Waals surface area contributed by atoms with E-state index in [1.54, 1.807) is 37.2 Å². The molecule has 0 saturated carbocycles. The molecule has 0 fully saturated rings. The number of hydrogen-bond acceptors (Lipinski definition) is 8. The van der Waals surface area contributed by atoms with Gasteiger partial charge in [0.25, 0.3) is 36.6 Å². The van der Waals surface area contributed by atoms with Crippen molar-refractivity contribution in [1.29, 1.82) is 21.0 Å². The fourth-order valence-electron chi connectivity index (χ4n) is 2.96. The Hall–Kier alpha value is -3.88. The third kappa shape index (κ3) is 3.87. The molecule has 27 heavy (non-hydrogen) atoms. The molecule has 0 aromatic carbocycles. The lowest BCUT2D eigenvalue weighted by molar-refractivity contribution is -0.115. The summed E-state index contributed by atoms with van der Waals surface area (Å²) in [7, 11) is 0. The van der Waals surface area contributed by atoms with E-state index in [1.165, 1.54) is 12.2 Å². The monoisotopic (exact) mass is 364 g/mol. The first-order valence-electron chi connectivity index (χ1n) is 7.95. The van der Waals surface area contributed by atoms with Gasteiger partial charge in [0.15, 0.2) is 0 Å². The number of ether oxygens (including phenoxy) is 4. The molecule has 0 radical (unpaired) electrons. The molecule has 2 rings (SSSR count). The molecule has 0 heterocycles. The summed E-state index contributed by atoms with van der Waals surface area (Å²) < 4.78 is 19.6. The smallest absolute Gasteiger partial charge is 0.298 e. The molecule has 0 N–H and O–H groups in total. The molecule has 136 valence electrons. The highest BCUT2D eigenvalue weighted by Gasteiger charge is 2.39. The second-order valence-corrected chi connectivity index (χ2v) is 6.42. The molecule has 0 atom stereocenters. The molecule has 0 saturated heterocycles. The number of hydrogen-bond donors (Lipinski definition) is 0. The summed E-state index contributed by atoms with van der Waals surface area (Å²) in [6.07, 6.45) is 16.8. The van der Waals surface area contributed by atoms with Gasteiger partial charge in [-0.2, -0.15) is 21.0 Å². The zero-order valence-corrected chi connectivity index (χ0v) is 14.8. The van der Waals surface area contributed by atoms with E-state index < -0.39 is 17.0 Å². The normalized spacial score (nSPS) is 19.0. The average Bonchev–Trinajstić information content (AvgIpc) is 2.63. The van der Waals surface area contributed by atoms with Crippen LogP contribution < -0.4 is 0 Å². The third-order valence-electron chi connectivity index (χ3n) is 4.56. The zero-order chi connectivity index (χ0) is 20.0. The number of rotatable bonds is 6. The Morgan fingerprint density at radius 3 is 1.30 bits per heavy atom. The Morgan fingerprint density at radius 2 is 1.07 bits per heavy atom. The molecular formula is C19H16N4O4. The van der Waals surface area contributed by atoms with Gasteiger partial charge in [-0.3, -0.25) is 0 Å². The van der Waals surface area contributed by atoms with Gasteiger partial charge in [0, 0.05) is 30.4 Å². The highest BCUT2D eigenvalue weighted by molar-refractivity contribution is 5.44. The minimum Gasteiger partial charge on any atom is -0.377 e. The predicted molar refractivity (Wildman–Crippen MR) is 89.7 cm³/mol. The van der Waals surface area contributed by atoms with Crippen molar-refractivity contribution in [2.75, 3.05) is 0 Å². The van der Waals surface area contributed by atoms with E-state index >= 15 is 0 Å². The van der Waals surface area contributed by atoms with Gasteiger partial charge < -0.3 is 18.9 Å². The van der Waals surface area contributed by atoms with Gasteiger partial charge in [-0.15, -0.1) is 0 Å². The summed E-state index contributed by atoms with van der Waals surface area (Å²) >= 11 is 0. The van der Waals surface area contributed by atoms with Crippen LogP contribution in [-0.2, 0) is 18.9 Å². The van der Waals surface area contributed by atoms with Crippen molar-refractivity contribution in [3.63, 3.8) is 0 Å². The lowest BCUT2D eigenvalue weighted by Gasteiger charge is -2.35. The molecule has 2 aliphatic carbocycles. The van der Waals surface area contributed by atoms with Crippen molar-refractivity contribution < 1.29 is 18.9 Å². The first-order chi connectivity index (χ1) is 12.9. The summed E-state index contributed by atoms with van der Waals surface area (Å²) in [5.74, 6) is -2.84. The van der Waals surface area contributed by atoms with Gasteiger partial charge in [-0.1, -0.05) is 38.2 Å². The van der Waals surface area contributed by atoms with Crippen LogP contribution in [0, 0.1) is 51.5 Å². The minimum absolute atomic E-state index is 0.194. The van der Waals surface area contributed by atoms with E-state index in [9.17, 15) is 0 Å². The number of nitrogens with zero attached hydrogens (tertiary/aromatic N) is 4. The van der Waals surface area contributed by atoms with Crippen molar-refractivity contribution in [3.05, 3.63) is 47.6 Å². The second-order valence-electron chi connectivity index (χ2n) is 6.42. The summed E-state index contributed by atoms with van der Waals surface area (Å²) in [4.78, 5) is 0. The van der Waals surface area contributed by atoms with Crippen LogP contribution in [0.5, 0.6) is 0 Å². The lowest BCUT2D eigenvalue weighted by Crippen LogP contribution is -2.34. The molecule has 0 aromatic heterocycles. The number of allylic oxidation sites excluding steroid dienone is 4. The standard InChI is InChI=1S/C19H16N4O4/c1-17(2,15-3-7-18(8-4-15,24-11-20)25-12-21)16-5-9-19(10-6-16,26-13-22)27-14-23/h3-7,9H,8,10H2,1-2H3. The molecule has 2 aliphatic rings. The van der Waals surface area contributed by atoms with Crippen molar-refractivity contribution in [2.24, 2.45) is 5.41 Å². The molecular weight excluding hydrogens is 348 g/mol. The molecule has 0 amide bonds. The Kier molecular flexibility index (Phi) is 5.45. The first-order valence-corrected chi connectivity index (χ1v) is 7.95. The lowest BCUT2D eigenvalue weighted by atomic mass is 9.73. The summed E-state index contributed by atoms with van der Waals surface area (Å²) in [5.41, 5.74) is 1.41. The summed E-state index contributed by atoms with van der Waals surface area (Å²) in [6, 6.07) is 0. The van der Waals surface area contributed by atoms with Crippen LogP contribution in [0.4, 0.5) is 0 Å². The second kappa shape index (κ2) is 7.56. The van der Waals surface area contributed by atoms with Crippen molar-refractivity contribution in [3.8, 4) is 25.0 Å². The molecule has 0 aromatic rings. The Balaban J connectivity index is 2.22. The maximum Gasteiger partial charge on any atom is 0.298 e. The van der Waals surface area contributed by atoms with Crippen molar-refractivity contribution >= 4 is 0 Å². The molecule has 0 bridgehead atoms. The molecule has 8 nitrogen and oxygen atoms in total. The van der Waals surface area contributed by atoms with Crippen LogP contribution in [0.15, 0.2) is 47.6 Å². The maximum atomic E-state index is 8.77. The molecule has 0 aliphatic heterocycles. The van der Waals surface area contributed by atoms with Crippen LogP contribution in [0.25, 0.3) is 0 Å². The zero-order valence-electron chi connectivity index (χ0n) is 14.8. The highest BCUT2D eigenvalue weighted by Crippen LogP contribution is 2.42. The summed E-state index contributed by atoms with van der Waals surface area (Å²) in [6.45, 7) is 3.98. The topological polar surface area (TPSA) is 132 Å². The van der Waals surface area contributed by atoms with Gasteiger partial charge in [0.2, 0.25) is 0 Å². The van der Waals surface area contributed by atoms with E-state index in [-0.39, 0.29) is 12.8 Å². The fraction of sp³-hybridized carbons (Fsp3) is 0.368. The van der Waals surface area contributed by atoms with Crippen LogP contribution in [0.1, 0.15) is 26.7 Å². The fourth-order valence-corrected chi connectivity index (χ4v) is 2.96. The van der Waals surface area contributed by atoms with E-state index in [0.29, 0.717) is 0 Å². The molecule has 0 unspecified atom stereocenters. The van der Waals surface area contributed by atoms with E-state index in [2.05, 4.69) is 0 Å². The van der Waals surface area contributed by atoms with Gasteiger partial charge in [0.05, 0.1) is 0 Å². The van der Waals surface area contributed by atoms with Crippen molar-refractivity contribution in [2.45, 2.75) is 38.3 Å². The largest absolute Gasteiger partial charge is 0.377 e. The van der Waals surface area contributed by atoms with E-state index in [4.69, 9.17) is 40.0 Å². The van der Waals surface area contributed by atoms with Gasteiger partial charge >= 0.3 is 0 Å². The van der Waals surface area contributed by atoms with Crippen molar-refractivity contribution in [1.82, 2.24) is 0 Å². The predicted octanol–water partition coefficient (Wildman–Crippen LogP) is 3.17. The Labute approximate surface area is 157 Å². The maximum absolute atomic E-state index is 8.77. The first kappa shape index (κ1) is 19.4. The van der Waals surface area contributed by atoms with Gasteiger partial charge in [-0.05, 0) is 11.1 Å². The Bertz CT molecular complexity index is 781.